The first-order valence-electron chi connectivity index (χ1n) is 4.84. The summed E-state index contributed by atoms with van der Waals surface area (Å²) >= 11 is 0. The van der Waals surface area contributed by atoms with Gasteiger partial charge in [0.15, 0.2) is 0 Å². The maximum absolute atomic E-state index is 11.3. The second kappa shape index (κ2) is 6.94. The first kappa shape index (κ1) is 14.6. The Morgan fingerprint density at radius 2 is 1.53 bits per heavy atom. The van der Waals surface area contributed by atoms with Gasteiger partial charge in [-0.2, -0.15) is 0 Å². The maximum Gasteiger partial charge on any atom is 0.400 e. The highest BCUT2D eigenvalue weighted by molar-refractivity contribution is 7.42. The largest absolute Gasteiger partial charge is 0.400 e. The van der Waals surface area contributed by atoms with Crippen LogP contribution in [0.5, 0.6) is 0 Å². The molecule has 0 saturated heterocycles. The molecule has 0 radical (unpaired) electrons. The van der Waals surface area contributed by atoms with Crippen molar-refractivity contribution in [1.82, 2.24) is 0 Å². The second-order valence-electron chi connectivity index (χ2n) is 3.69. The third-order valence-electron chi connectivity index (χ3n) is 1.10. The fraction of sp³-hybridized carbons (Fsp3) is 0.700. The highest BCUT2D eigenvalue weighted by Gasteiger charge is 2.21. The van der Waals surface area contributed by atoms with Gasteiger partial charge >= 0.3 is 14.6 Å². The lowest BCUT2D eigenvalue weighted by molar-refractivity contribution is -0.131. The van der Waals surface area contributed by atoms with Crippen molar-refractivity contribution >= 4 is 14.6 Å². The first-order chi connectivity index (χ1) is 6.82. The van der Waals surface area contributed by atoms with E-state index in [4.69, 9.17) is 13.6 Å². The van der Waals surface area contributed by atoms with Crippen molar-refractivity contribution in [3.63, 3.8) is 0 Å². The Kier molecular flexibility index (Phi) is 6.73. The predicted molar refractivity (Wildman–Crippen MR) is 60.3 cm³/mol. The molecule has 15 heavy (non-hydrogen) atoms. The fourth-order valence-electron chi connectivity index (χ4n) is 0.558. The van der Waals surface area contributed by atoms with E-state index in [9.17, 15) is 4.79 Å². The van der Waals surface area contributed by atoms with Gasteiger partial charge in [-0.05, 0) is 34.6 Å². The van der Waals surface area contributed by atoms with Gasteiger partial charge in [0, 0.05) is 5.57 Å². The van der Waals surface area contributed by atoms with Crippen LogP contribution in [0.25, 0.3) is 0 Å². The van der Waals surface area contributed by atoms with Crippen molar-refractivity contribution < 1.29 is 18.4 Å². The molecule has 0 bridgehead atoms. The van der Waals surface area contributed by atoms with Crippen LogP contribution in [0.4, 0.5) is 0 Å². The summed E-state index contributed by atoms with van der Waals surface area (Å²) in [7, 11) is -1.62. The van der Waals surface area contributed by atoms with Gasteiger partial charge in [0.2, 0.25) is 0 Å². The lowest BCUT2D eigenvalue weighted by atomic mass is 10.4. The van der Waals surface area contributed by atoms with E-state index in [0.29, 0.717) is 5.57 Å². The molecule has 0 aliphatic rings. The van der Waals surface area contributed by atoms with Gasteiger partial charge in [-0.25, -0.2) is 4.79 Å². The Morgan fingerprint density at radius 1 is 1.13 bits per heavy atom. The van der Waals surface area contributed by atoms with Crippen LogP contribution >= 0.6 is 8.60 Å². The Bertz CT molecular complexity index is 215. The molecule has 0 aromatic heterocycles. The van der Waals surface area contributed by atoms with E-state index in [1.165, 1.54) is 0 Å². The van der Waals surface area contributed by atoms with E-state index >= 15 is 0 Å². The second-order valence-corrected chi connectivity index (χ2v) is 4.74. The molecule has 0 spiro atoms. The topological polar surface area (TPSA) is 44.8 Å². The SMILES string of the molecule is C=C(C)C(=O)OP(OC(C)C)OC(C)C. The van der Waals surface area contributed by atoms with Crippen LogP contribution in [0, 0.1) is 0 Å². The minimum absolute atomic E-state index is 0.0483. The Hall–Kier alpha value is -0.440. The number of hydrogen-bond acceptors (Lipinski definition) is 4. The van der Waals surface area contributed by atoms with Crippen molar-refractivity contribution in [2.75, 3.05) is 0 Å². The standard InChI is InChI=1S/C10H19O4P/c1-7(2)10(11)14-15(12-8(3)4)13-9(5)6/h8-9H,1H2,2-6H3. The third kappa shape index (κ3) is 7.48. The Morgan fingerprint density at radius 3 is 1.80 bits per heavy atom. The highest BCUT2D eigenvalue weighted by atomic mass is 31.2. The molecule has 5 heteroatoms. The van der Waals surface area contributed by atoms with Crippen LogP contribution in [0.1, 0.15) is 34.6 Å². The van der Waals surface area contributed by atoms with Gasteiger partial charge in [-0.3, -0.25) is 9.05 Å². The van der Waals surface area contributed by atoms with Crippen LogP contribution in [0.2, 0.25) is 0 Å². The third-order valence-corrected chi connectivity index (χ3v) is 2.60. The molecule has 0 amide bonds. The first-order valence-corrected chi connectivity index (χ1v) is 5.94. The summed E-state index contributed by atoms with van der Waals surface area (Å²) in [5.41, 5.74) is 0.335. The van der Waals surface area contributed by atoms with Crippen LogP contribution in [-0.2, 0) is 18.4 Å². The van der Waals surface area contributed by atoms with Crippen LogP contribution in [0.3, 0.4) is 0 Å². The average molecular weight is 234 g/mol. The quantitative estimate of drug-likeness (QED) is 0.523. The Balaban J connectivity index is 4.23. The Labute approximate surface area is 92.6 Å². The molecule has 0 aromatic rings. The van der Waals surface area contributed by atoms with Gasteiger partial charge in [-0.1, -0.05) is 6.58 Å². The number of carbonyl (C=O) groups excluding carboxylic acids is 1. The van der Waals surface area contributed by atoms with Gasteiger partial charge in [0.1, 0.15) is 0 Å². The maximum atomic E-state index is 11.3. The normalized spacial score (nSPS) is 11.2. The van der Waals surface area contributed by atoms with Crippen molar-refractivity contribution in [3.8, 4) is 0 Å². The number of rotatable bonds is 6. The summed E-state index contributed by atoms with van der Waals surface area (Å²) in [6, 6.07) is 0. The zero-order valence-corrected chi connectivity index (χ0v) is 10.8. The number of hydrogen-bond donors (Lipinski definition) is 0. The van der Waals surface area contributed by atoms with Crippen molar-refractivity contribution in [2.45, 2.75) is 46.8 Å². The molecule has 0 aromatic carbocycles. The fourth-order valence-corrected chi connectivity index (χ4v) is 1.67. The van der Waals surface area contributed by atoms with Crippen LogP contribution in [-0.4, -0.2) is 18.2 Å². The summed E-state index contributed by atoms with van der Waals surface area (Å²) in [6.07, 6.45) is -0.0967. The molecule has 0 aliphatic carbocycles. The van der Waals surface area contributed by atoms with Gasteiger partial charge < -0.3 is 4.52 Å². The molecule has 0 rings (SSSR count). The summed E-state index contributed by atoms with van der Waals surface area (Å²) in [5.74, 6) is -0.484. The van der Waals surface area contributed by atoms with E-state index < -0.39 is 14.6 Å². The van der Waals surface area contributed by atoms with Crippen molar-refractivity contribution in [2.24, 2.45) is 0 Å². The zero-order valence-electron chi connectivity index (χ0n) is 9.94. The predicted octanol–water partition coefficient (Wildman–Crippen LogP) is 3.18. The minimum atomic E-state index is -1.62. The smallest absolute Gasteiger partial charge is 0.391 e. The lowest BCUT2D eigenvalue weighted by Gasteiger charge is -2.19. The van der Waals surface area contributed by atoms with Crippen LogP contribution in [0.15, 0.2) is 12.2 Å². The summed E-state index contributed by atoms with van der Waals surface area (Å²) in [4.78, 5) is 11.3. The van der Waals surface area contributed by atoms with Crippen molar-refractivity contribution in [1.29, 1.82) is 0 Å². The summed E-state index contributed by atoms with van der Waals surface area (Å²) in [5, 5.41) is 0. The summed E-state index contributed by atoms with van der Waals surface area (Å²) < 4.78 is 15.7. The van der Waals surface area contributed by atoms with E-state index in [2.05, 4.69) is 6.58 Å². The monoisotopic (exact) mass is 234 g/mol. The molecule has 0 saturated carbocycles. The van der Waals surface area contributed by atoms with E-state index in [1.54, 1.807) is 6.92 Å². The summed E-state index contributed by atoms with van der Waals surface area (Å²) in [6.45, 7) is 12.5. The molecule has 88 valence electrons. The zero-order chi connectivity index (χ0) is 12.0. The molecule has 0 unspecified atom stereocenters. The molecule has 0 fully saturated rings. The van der Waals surface area contributed by atoms with Gasteiger partial charge in [-0.15, -0.1) is 0 Å². The molecular formula is C10H19O4P. The minimum Gasteiger partial charge on any atom is -0.391 e. The van der Waals surface area contributed by atoms with E-state index in [0.717, 1.165) is 0 Å². The average Bonchev–Trinajstić information content (AvgIpc) is 2.00. The molecule has 0 aliphatic heterocycles. The highest BCUT2D eigenvalue weighted by Crippen LogP contribution is 2.42. The molecule has 4 nitrogen and oxygen atoms in total. The van der Waals surface area contributed by atoms with E-state index in [-0.39, 0.29) is 12.2 Å². The molecule has 0 N–H and O–H groups in total. The van der Waals surface area contributed by atoms with Crippen molar-refractivity contribution in [3.05, 3.63) is 12.2 Å². The van der Waals surface area contributed by atoms with Crippen LogP contribution < -0.4 is 0 Å². The molecular weight excluding hydrogens is 215 g/mol. The molecule has 0 atom stereocenters. The lowest BCUT2D eigenvalue weighted by Crippen LogP contribution is -2.10. The van der Waals surface area contributed by atoms with E-state index in [1.807, 2.05) is 27.7 Å². The van der Waals surface area contributed by atoms with Gasteiger partial charge in [0.25, 0.3) is 0 Å². The molecule has 0 heterocycles. The van der Waals surface area contributed by atoms with Gasteiger partial charge in [0.05, 0.1) is 12.2 Å². The number of carbonyl (C=O) groups is 1.